The number of amides is 1. The molecule has 1 amide bonds. The van der Waals surface area contributed by atoms with Gasteiger partial charge in [0.1, 0.15) is 6.54 Å². The van der Waals surface area contributed by atoms with Gasteiger partial charge in [0, 0.05) is 13.5 Å². The summed E-state index contributed by atoms with van der Waals surface area (Å²) in [5.41, 5.74) is 0. The standard InChI is InChI=1S/C15H31N2O2/c1-5-6-7-8-9-10-15(19)16(2)11-12-17(3,4)13-14-18/h6-7,18H,5,8-14H2,1-4H3/q+1/b7-6+. The van der Waals surface area contributed by atoms with Gasteiger partial charge in [-0.2, -0.15) is 0 Å². The predicted octanol–water partition coefficient (Wildman–Crippen LogP) is 1.65. The molecule has 0 bridgehead atoms. The van der Waals surface area contributed by atoms with Crippen LogP contribution in [0.25, 0.3) is 0 Å². The Hall–Kier alpha value is -0.870. The molecule has 0 aromatic rings. The first-order valence-corrected chi connectivity index (χ1v) is 7.24. The number of aliphatic hydroxyl groups excluding tert-OH is 1. The van der Waals surface area contributed by atoms with E-state index in [0.717, 1.165) is 43.4 Å². The highest BCUT2D eigenvalue weighted by Gasteiger charge is 2.16. The molecule has 1 N–H and O–H groups in total. The Kier molecular flexibility index (Phi) is 9.53. The second kappa shape index (κ2) is 9.98. The average Bonchev–Trinajstić information content (AvgIpc) is 2.35. The first-order chi connectivity index (χ1) is 8.93. The Morgan fingerprint density at radius 3 is 2.53 bits per heavy atom. The highest BCUT2D eigenvalue weighted by molar-refractivity contribution is 5.75. The molecule has 19 heavy (non-hydrogen) atoms. The van der Waals surface area contributed by atoms with Crippen LogP contribution in [0, 0.1) is 0 Å². The smallest absolute Gasteiger partial charge is 0.222 e. The largest absolute Gasteiger partial charge is 0.391 e. The Morgan fingerprint density at radius 2 is 1.95 bits per heavy atom. The zero-order valence-electron chi connectivity index (χ0n) is 13.1. The van der Waals surface area contributed by atoms with E-state index in [1.807, 2.05) is 7.05 Å². The van der Waals surface area contributed by atoms with Crippen molar-refractivity contribution in [2.75, 3.05) is 47.4 Å². The molecule has 0 unspecified atom stereocenters. The maximum absolute atomic E-state index is 11.9. The monoisotopic (exact) mass is 271 g/mol. The minimum Gasteiger partial charge on any atom is -0.391 e. The first-order valence-electron chi connectivity index (χ1n) is 7.24. The summed E-state index contributed by atoms with van der Waals surface area (Å²) in [7, 11) is 6.01. The average molecular weight is 271 g/mol. The molecule has 4 nitrogen and oxygen atoms in total. The third-order valence-electron chi connectivity index (χ3n) is 3.34. The molecule has 0 heterocycles. The maximum atomic E-state index is 11.9. The molecule has 0 saturated carbocycles. The molecule has 0 radical (unpaired) electrons. The van der Waals surface area contributed by atoms with Gasteiger partial charge in [-0.3, -0.25) is 4.79 Å². The molecule has 0 aromatic heterocycles. The molecule has 112 valence electrons. The summed E-state index contributed by atoms with van der Waals surface area (Å²) in [6, 6.07) is 0. The number of hydrogen-bond acceptors (Lipinski definition) is 2. The summed E-state index contributed by atoms with van der Waals surface area (Å²) in [5, 5.41) is 8.96. The van der Waals surface area contributed by atoms with Crippen LogP contribution in [0.4, 0.5) is 0 Å². The van der Waals surface area contributed by atoms with Gasteiger partial charge in [0.05, 0.1) is 33.8 Å². The van der Waals surface area contributed by atoms with Gasteiger partial charge in [-0.1, -0.05) is 19.1 Å². The van der Waals surface area contributed by atoms with E-state index in [4.69, 9.17) is 5.11 Å². The van der Waals surface area contributed by atoms with Crippen LogP contribution in [0.15, 0.2) is 12.2 Å². The van der Waals surface area contributed by atoms with Gasteiger partial charge >= 0.3 is 0 Å². The number of carbonyl (C=O) groups is 1. The summed E-state index contributed by atoms with van der Waals surface area (Å²) >= 11 is 0. The van der Waals surface area contributed by atoms with Crippen molar-refractivity contribution in [1.82, 2.24) is 4.90 Å². The Labute approximate surface area is 118 Å². The fraction of sp³-hybridized carbons (Fsp3) is 0.800. The van der Waals surface area contributed by atoms with E-state index in [9.17, 15) is 4.79 Å². The Balaban J connectivity index is 3.84. The lowest BCUT2D eigenvalue weighted by Gasteiger charge is -2.31. The number of hydrogen-bond donors (Lipinski definition) is 1. The van der Waals surface area contributed by atoms with Crippen LogP contribution in [0.5, 0.6) is 0 Å². The van der Waals surface area contributed by atoms with Crippen LogP contribution in [-0.4, -0.2) is 67.8 Å². The lowest BCUT2D eigenvalue weighted by Crippen LogP contribution is -2.47. The lowest BCUT2D eigenvalue weighted by molar-refractivity contribution is -0.890. The zero-order valence-corrected chi connectivity index (χ0v) is 13.1. The highest BCUT2D eigenvalue weighted by atomic mass is 16.3. The minimum absolute atomic E-state index is 0.189. The van der Waals surface area contributed by atoms with E-state index in [0.29, 0.717) is 6.42 Å². The van der Waals surface area contributed by atoms with Gasteiger partial charge in [-0.05, 0) is 19.3 Å². The number of allylic oxidation sites excluding steroid dienone is 2. The van der Waals surface area contributed by atoms with Gasteiger partial charge in [0.2, 0.25) is 5.91 Å². The van der Waals surface area contributed by atoms with Crippen molar-refractivity contribution in [2.45, 2.75) is 32.6 Å². The van der Waals surface area contributed by atoms with Crippen LogP contribution < -0.4 is 0 Å². The second-order valence-corrected chi connectivity index (χ2v) is 5.69. The Morgan fingerprint density at radius 1 is 1.26 bits per heavy atom. The Bertz CT molecular complexity index is 275. The lowest BCUT2D eigenvalue weighted by atomic mass is 10.2. The van der Waals surface area contributed by atoms with E-state index in [2.05, 4.69) is 33.2 Å². The molecule has 0 rings (SSSR count). The number of unbranched alkanes of at least 4 members (excludes halogenated alkanes) is 1. The number of rotatable bonds is 10. The fourth-order valence-corrected chi connectivity index (χ4v) is 1.77. The van der Waals surface area contributed by atoms with Crippen LogP contribution in [0.2, 0.25) is 0 Å². The molecular formula is C15H31N2O2+. The molecular weight excluding hydrogens is 240 g/mol. The summed E-state index contributed by atoms with van der Waals surface area (Å²) in [4.78, 5) is 13.7. The van der Waals surface area contributed by atoms with E-state index < -0.39 is 0 Å². The summed E-state index contributed by atoms with van der Waals surface area (Å²) in [6.07, 6.45) is 7.88. The number of likely N-dealkylation sites (N-methyl/N-ethyl adjacent to an activating group) is 2. The van der Waals surface area contributed by atoms with Crippen molar-refractivity contribution in [3.8, 4) is 0 Å². The first kappa shape index (κ1) is 18.1. The van der Waals surface area contributed by atoms with E-state index >= 15 is 0 Å². The normalized spacial score (nSPS) is 12.1. The van der Waals surface area contributed by atoms with Crippen molar-refractivity contribution in [3.63, 3.8) is 0 Å². The minimum atomic E-state index is 0.189. The van der Waals surface area contributed by atoms with Gasteiger partial charge in [0.15, 0.2) is 0 Å². The molecule has 0 atom stereocenters. The third-order valence-corrected chi connectivity index (χ3v) is 3.34. The van der Waals surface area contributed by atoms with Crippen molar-refractivity contribution < 1.29 is 14.4 Å². The fourth-order valence-electron chi connectivity index (χ4n) is 1.77. The van der Waals surface area contributed by atoms with Gasteiger partial charge in [-0.15, -0.1) is 0 Å². The van der Waals surface area contributed by atoms with Crippen LogP contribution in [-0.2, 0) is 4.79 Å². The highest BCUT2D eigenvalue weighted by Crippen LogP contribution is 2.03. The number of quaternary nitrogens is 1. The molecule has 0 aliphatic rings. The van der Waals surface area contributed by atoms with Crippen LogP contribution in [0.3, 0.4) is 0 Å². The summed E-state index contributed by atoms with van der Waals surface area (Å²) in [6.45, 7) is 4.65. The SMILES string of the molecule is CC/C=C/CCCC(=O)N(C)CC[N+](C)(C)CCO. The molecule has 0 saturated heterocycles. The number of aliphatic hydroxyl groups is 1. The van der Waals surface area contributed by atoms with E-state index in [1.54, 1.807) is 4.90 Å². The van der Waals surface area contributed by atoms with Crippen molar-refractivity contribution >= 4 is 5.91 Å². The topological polar surface area (TPSA) is 40.5 Å². The van der Waals surface area contributed by atoms with Crippen molar-refractivity contribution in [1.29, 1.82) is 0 Å². The second-order valence-electron chi connectivity index (χ2n) is 5.69. The molecule has 4 heteroatoms. The molecule has 0 fully saturated rings. The number of nitrogens with zero attached hydrogens (tertiary/aromatic N) is 2. The van der Waals surface area contributed by atoms with Crippen LogP contribution >= 0.6 is 0 Å². The third kappa shape index (κ3) is 9.68. The van der Waals surface area contributed by atoms with Crippen molar-refractivity contribution in [3.05, 3.63) is 12.2 Å². The molecule has 0 aliphatic heterocycles. The number of carbonyl (C=O) groups excluding carboxylic acids is 1. The van der Waals surface area contributed by atoms with E-state index in [-0.39, 0.29) is 12.5 Å². The summed E-state index contributed by atoms with van der Waals surface area (Å²) < 4.78 is 0.743. The molecule has 0 aromatic carbocycles. The maximum Gasteiger partial charge on any atom is 0.222 e. The van der Waals surface area contributed by atoms with E-state index in [1.165, 1.54) is 0 Å². The van der Waals surface area contributed by atoms with Gasteiger partial charge in [-0.25, -0.2) is 0 Å². The van der Waals surface area contributed by atoms with Gasteiger partial charge in [0.25, 0.3) is 0 Å². The zero-order chi connectivity index (χ0) is 14.7. The van der Waals surface area contributed by atoms with Gasteiger partial charge < -0.3 is 14.5 Å². The summed E-state index contributed by atoms with van der Waals surface area (Å²) in [5.74, 6) is 0.217. The molecule has 0 aliphatic carbocycles. The predicted molar refractivity (Wildman–Crippen MR) is 79.8 cm³/mol. The quantitative estimate of drug-likeness (QED) is 0.373. The van der Waals surface area contributed by atoms with Crippen LogP contribution in [0.1, 0.15) is 32.6 Å². The van der Waals surface area contributed by atoms with Crippen molar-refractivity contribution in [2.24, 2.45) is 0 Å². The molecule has 0 spiro atoms.